The third-order valence-electron chi connectivity index (χ3n) is 3.19. The van der Waals surface area contributed by atoms with Crippen LogP contribution in [0.3, 0.4) is 0 Å². The quantitative estimate of drug-likeness (QED) is 0.714. The maximum atomic E-state index is 5.91. The Labute approximate surface area is 127 Å². The van der Waals surface area contributed by atoms with E-state index in [4.69, 9.17) is 11.6 Å². The predicted octanol–water partition coefficient (Wildman–Crippen LogP) is 4.35. The topological polar surface area (TPSA) is 17.8 Å². The minimum absolute atomic E-state index is 0.579. The molecule has 1 aromatic carbocycles. The van der Waals surface area contributed by atoms with Gasteiger partial charge in [0, 0.05) is 23.1 Å². The normalized spacial score (nSPS) is 12.6. The minimum Gasteiger partial charge on any atom is -0.273 e. The summed E-state index contributed by atoms with van der Waals surface area (Å²) in [6.45, 7) is 3.03. The average molecular weight is 342 g/mol. The van der Waals surface area contributed by atoms with Crippen LogP contribution in [-0.4, -0.2) is 15.1 Å². The molecule has 102 valence electrons. The van der Waals surface area contributed by atoms with Crippen molar-refractivity contribution in [3.8, 4) is 0 Å². The molecule has 2 rings (SSSR count). The number of aromatic nitrogens is 2. The van der Waals surface area contributed by atoms with Gasteiger partial charge in [-0.1, -0.05) is 39.7 Å². The summed E-state index contributed by atoms with van der Waals surface area (Å²) in [6, 6.07) is 8.12. The highest BCUT2D eigenvalue weighted by Gasteiger charge is 2.11. The lowest BCUT2D eigenvalue weighted by molar-refractivity contribution is 0.590. The first-order valence-electron chi connectivity index (χ1n) is 6.53. The standard InChI is InChI=1S/C15H18BrClN2/c1-2-19-11-14(10-18-19)8-13(9-16)7-12-3-5-15(17)6-4-12/h3-6,10-11,13H,2,7-9H2,1H3. The Hall–Kier alpha value is -0.800. The van der Waals surface area contributed by atoms with Gasteiger partial charge in [-0.25, -0.2) is 0 Å². The molecule has 0 saturated carbocycles. The summed E-state index contributed by atoms with van der Waals surface area (Å²) in [5, 5.41) is 6.11. The van der Waals surface area contributed by atoms with Gasteiger partial charge in [0.15, 0.2) is 0 Å². The fourth-order valence-corrected chi connectivity index (χ4v) is 2.74. The summed E-state index contributed by atoms with van der Waals surface area (Å²) in [5.74, 6) is 0.579. The van der Waals surface area contributed by atoms with E-state index in [1.807, 2.05) is 23.0 Å². The predicted molar refractivity (Wildman–Crippen MR) is 84.0 cm³/mol. The molecule has 2 nitrogen and oxygen atoms in total. The minimum atomic E-state index is 0.579. The SMILES string of the molecule is CCn1cc(CC(CBr)Cc2ccc(Cl)cc2)cn1. The Balaban J connectivity index is 1.98. The van der Waals surface area contributed by atoms with Crippen LogP contribution in [0, 0.1) is 5.92 Å². The number of nitrogens with zero attached hydrogens (tertiary/aromatic N) is 2. The van der Waals surface area contributed by atoms with Crippen LogP contribution >= 0.6 is 27.5 Å². The zero-order chi connectivity index (χ0) is 13.7. The Kier molecular flexibility index (Phi) is 5.46. The highest BCUT2D eigenvalue weighted by atomic mass is 79.9. The van der Waals surface area contributed by atoms with E-state index in [0.29, 0.717) is 5.92 Å². The van der Waals surface area contributed by atoms with Crippen molar-refractivity contribution in [1.29, 1.82) is 0 Å². The average Bonchev–Trinajstić information content (AvgIpc) is 2.88. The summed E-state index contributed by atoms with van der Waals surface area (Å²) in [5.41, 5.74) is 2.64. The second-order valence-corrected chi connectivity index (χ2v) is 5.84. The summed E-state index contributed by atoms with van der Waals surface area (Å²) in [7, 11) is 0. The third kappa shape index (κ3) is 4.36. The molecule has 0 aliphatic carbocycles. The van der Waals surface area contributed by atoms with Crippen molar-refractivity contribution in [1.82, 2.24) is 9.78 Å². The molecule has 2 aromatic rings. The van der Waals surface area contributed by atoms with Gasteiger partial charge in [0.25, 0.3) is 0 Å². The maximum absolute atomic E-state index is 5.91. The highest BCUT2D eigenvalue weighted by Crippen LogP contribution is 2.18. The van der Waals surface area contributed by atoms with E-state index in [2.05, 4.69) is 46.3 Å². The molecule has 0 radical (unpaired) electrons. The van der Waals surface area contributed by atoms with Crippen LogP contribution in [0.2, 0.25) is 5.02 Å². The summed E-state index contributed by atoms with van der Waals surface area (Å²) < 4.78 is 1.98. The zero-order valence-corrected chi connectivity index (χ0v) is 13.4. The van der Waals surface area contributed by atoms with Crippen molar-refractivity contribution in [3.63, 3.8) is 0 Å². The zero-order valence-electron chi connectivity index (χ0n) is 11.0. The van der Waals surface area contributed by atoms with Crippen molar-refractivity contribution in [2.24, 2.45) is 5.92 Å². The van der Waals surface area contributed by atoms with Crippen molar-refractivity contribution in [2.75, 3.05) is 5.33 Å². The first-order valence-corrected chi connectivity index (χ1v) is 8.03. The van der Waals surface area contributed by atoms with Crippen LogP contribution in [0.5, 0.6) is 0 Å². The second kappa shape index (κ2) is 7.11. The van der Waals surface area contributed by atoms with Gasteiger partial charge in [0.1, 0.15) is 0 Å². The lowest BCUT2D eigenvalue weighted by Crippen LogP contribution is -2.09. The fraction of sp³-hybridized carbons (Fsp3) is 0.400. The first-order chi connectivity index (χ1) is 9.21. The lowest BCUT2D eigenvalue weighted by atomic mass is 9.96. The second-order valence-electron chi connectivity index (χ2n) is 4.76. The third-order valence-corrected chi connectivity index (χ3v) is 4.36. The van der Waals surface area contributed by atoms with Gasteiger partial charge in [0.05, 0.1) is 6.20 Å². The number of benzene rings is 1. The van der Waals surface area contributed by atoms with Gasteiger partial charge >= 0.3 is 0 Å². The summed E-state index contributed by atoms with van der Waals surface area (Å²) >= 11 is 9.53. The number of aryl methyl sites for hydroxylation is 1. The van der Waals surface area contributed by atoms with E-state index in [1.165, 1.54) is 11.1 Å². The molecule has 1 heterocycles. The molecule has 4 heteroatoms. The van der Waals surface area contributed by atoms with E-state index >= 15 is 0 Å². The molecule has 0 amide bonds. The van der Waals surface area contributed by atoms with Gasteiger partial charge in [-0.15, -0.1) is 0 Å². The summed E-state index contributed by atoms with van der Waals surface area (Å²) in [4.78, 5) is 0. The van der Waals surface area contributed by atoms with Gasteiger partial charge in [-0.05, 0) is 48.9 Å². The Morgan fingerprint density at radius 1 is 1.21 bits per heavy atom. The molecule has 0 aliphatic rings. The van der Waals surface area contributed by atoms with E-state index in [-0.39, 0.29) is 0 Å². The van der Waals surface area contributed by atoms with E-state index in [9.17, 15) is 0 Å². The number of halogens is 2. The number of hydrogen-bond donors (Lipinski definition) is 0. The molecule has 1 unspecified atom stereocenters. The number of rotatable bonds is 6. The highest BCUT2D eigenvalue weighted by molar-refractivity contribution is 9.09. The first kappa shape index (κ1) is 14.6. The van der Waals surface area contributed by atoms with Gasteiger partial charge < -0.3 is 0 Å². The molecule has 0 aliphatic heterocycles. The Morgan fingerprint density at radius 3 is 2.47 bits per heavy atom. The number of alkyl halides is 1. The van der Waals surface area contributed by atoms with Crippen molar-refractivity contribution in [3.05, 3.63) is 52.8 Å². The Morgan fingerprint density at radius 2 is 1.89 bits per heavy atom. The molecule has 0 bridgehead atoms. The van der Waals surface area contributed by atoms with E-state index < -0.39 is 0 Å². The van der Waals surface area contributed by atoms with Crippen LogP contribution in [0.4, 0.5) is 0 Å². The molecule has 1 atom stereocenters. The van der Waals surface area contributed by atoms with Crippen molar-refractivity contribution < 1.29 is 0 Å². The van der Waals surface area contributed by atoms with Crippen LogP contribution in [0.1, 0.15) is 18.1 Å². The van der Waals surface area contributed by atoms with E-state index in [0.717, 1.165) is 29.7 Å². The van der Waals surface area contributed by atoms with E-state index in [1.54, 1.807) is 0 Å². The molecule has 0 N–H and O–H groups in total. The molecule has 0 saturated heterocycles. The lowest BCUT2D eigenvalue weighted by Gasteiger charge is -2.13. The van der Waals surface area contributed by atoms with Gasteiger partial charge in [-0.3, -0.25) is 4.68 Å². The van der Waals surface area contributed by atoms with Crippen molar-refractivity contribution >= 4 is 27.5 Å². The smallest absolute Gasteiger partial charge is 0.0521 e. The van der Waals surface area contributed by atoms with Crippen molar-refractivity contribution in [2.45, 2.75) is 26.3 Å². The molecule has 1 aromatic heterocycles. The molecular weight excluding hydrogens is 324 g/mol. The molecule has 19 heavy (non-hydrogen) atoms. The fourth-order valence-electron chi connectivity index (χ4n) is 2.15. The van der Waals surface area contributed by atoms with Crippen LogP contribution in [-0.2, 0) is 19.4 Å². The largest absolute Gasteiger partial charge is 0.273 e. The van der Waals surface area contributed by atoms with Crippen LogP contribution in [0.15, 0.2) is 36.7 Å². The van der Waals surface area contributed by atoms with Gasteiger partial charge in [-0.2, -0.15) is 5.10 Å². The molecular formula is C15H18BrClN2. The Bertz CT molecular complexity index is 507. The number of hydrogen-bond acceptors (Lipinski definition) is 1. The molecule has 0 spiro atoms. The summed E-state index contributed by atoms with van der Waals surface area (Å²) in [6.07, 6.45) is 6.21. The van der Waals surface area contributed by atoms with Gasteiger partial charge in [0.2, 0.25) is 0 Å². The maximum Gasteiger partial charge on any atom is 0.0521 e. The van der Waals surface area contributed by atoms with Crippen LogP contribution < -0.4 is 0 Å². The molecule has 0 fully saturated rings. The van der Waals surface area contributed by atoms with Crippen LogP contribution in [0.25, 0.3) is 0 Å². The monoisotopic (exact) mass is 340 g/mol.